The molecule has 0 spiro atoms. The van der Waals surface area contributed by atoms with Crippen molar-refractivity contribution >= 4 is 16.1 Å². The van der Waals surface area contributed by atoms with Gasteiger partial charge in [0.1, 0.15) is 0 Å². The van der Waals surface area contributed by atoms with E-state index in [4.69, 9.17) is 0 Å². The van der Waals surface area contributed by atoms with Crippen LogP contribution in [0.4, 0.5) is 0 Å². The molecule has 0 aromatic carbocycles. The second-order valence-electron chi connectivity index (χ2n) is 9.38. The molecule has 4 rings (SSSR count). The molecular formula is C18H26N2Si2. The van der Waals surface area contributed by atoms with Crippen molar-refractivity contribution in [3.05, 3.63) is 22.4 Å². The van der Waals surface area contributed by atoms with E-state index >= 15 is 0 Å². The Morgan fingerprint density at radius 2 is 1.59 bits per heavy atom. The van der Waals surface area contributed by atoms with Crippen LogP contribution in [-0.4, -0.2) is 16.1 Å². The van der Waals surface area contributed by atoms with Gasteiger partial charge in [0.15, 0.2) is 0 Å². The summed E-state index contributed by atoms with van der Waals surface area (Å²) in [5.74, 6) is 1.79. The highest BCUT2D eigenvalue weighted by Crippen LogP contribution is 2.66. The van der Waals surface area contributed by atoms with Gasteiger partial charge in [-0.25, -0.2) is 0 Å². The topological polar surface area (TPSA) is 47.6 Å². The van der Waals surface area contributed by atoms with Gasteiger partial charge < -0.3 is 0 Å². The Morgan fingerprint density at radius 3 is 2.05 bits per heavy atom. The molecule has 2 bridgehead atoms. The van der Waals surface area contributed by atoms with Gasteiger partial charge in [-0.2, -0.15) is 10.5 Å². The maximum Gasteiger partial charge on any atom is 0.0964 e. The predicted molar refractivity (Wildman–Crippen MR) is 95.4 cm³/mol. The molecule has 0 amide bonds. The van der Waals surface area contributed by atoms with Crippen molar-refractivity contribution in [1.29, 1.82) is 10.5 Å². The van der Waals surface area contributed by atoms with Crippen LogP contribution in [0.2, 0.25) is 44.8 Å². The Balaban J connectivity index is 2.13. The molecule has 4 heteroatoms. The lowest BCUT2D eigenvalue weighted by molar-refractivity contribution is 0.0826. The third kappa shape index (κ3) is 2.01. The molecule has 22 heavy (non-hydrogen) atoms. The molecule has 116 valence electrons. The van der Waals surface area contributed by atoms with Gasteiger partial charge in [-0.05, 0) is 23.8 Å². The lowest BCUT2D eigenvalue weighted by Crippen LogP contribution is -2.57. The van der Waals surface area contributed by atoms with Gasteiger partial charge in [-0.15, -0.1) is 0 Å². The van der Waals surface area contributed by atoms with E-state index < -0.39 is 16.1 Å². The van der Waals surface area contributed by atoms with Crippen molar-refractivity contribution in [2.24, 2.45) is 23.7 Å². The lowest BCUT2D eigenvalue weighted by atomic mass is 9.51. The lowest BCUT2D eigenvalue weighted by Gasteiger charge is -2.62. The van der Waals surface area contributed by atoms with Crippen LogP contribution in [0.5, 0.6) is 0 Å². The average Bonchev–Trinajstić information content (AvgIpc) is 2.33. The highest BCUT2D eigenvalue weighted by atomic mass is 28.3. The van der Waals surface area contributed by atoms with Crippen LogP contribution in [-0.2, 0) is 0 Å². The van der Waals surface area contributed by atoms with Crippen molar-refractivity contribution < 1.29 is 0 Å². The second-order valence-corrected chi connectivity index (χ2v) is 19.9. The van der Waals surface area contributed by atoms with Crippen molar-refractivity contribution in [3.63, 3.8) is 0 Å². The van der Waals surface area contributed by atoms with Gasteiger partial charge in [0, 0.05) is 19.9 Å². The monoisotopic (exact) mass is 326 g/mol. The summed E-state index contributed by atoms with van der Waals surface area (Å²) in [4.78, 5) is 0. The molecule has 0 radical (unpaired) electrons. The van der Waals surface area contributed by atoms with Crippen molar-refractivity contribution in [3.8, 4) is 12.1 Å². The van der Waals surface area contributed by atoms with Crippen LogP contribution in [0, 0.1) is 46.3 Å². The SMILES string of the molecule is C[Si](C)(C)C1=C[C@@H]2C(C#N)=C(C#N)[C@H]1[C@H]1[C@@H]2C[C@@H]1[Si](C)(C)C. The summed E-state index contributed by atoms with van der Waals surface area (Å²) in [5, 5.41) is 20.9. The first-order valence-corrected chi connectivity index (χ1v) is 15.5. The van der Waals surface area contributed by atoms with Gasteiger partial charge in [-0.3, -0.25) is 0 Å². The van der Waals surface area contributed by atoms with Crippen molar-refractivity contribution in [1.82, 2.24) is 0 Å². The highest BCUT2D eigenvalue weighted by Gasteiger charge is 2.61. The minimum Gasteiger partial charge on any atom is -0.193 e. The molecule has 0 heterocycles. The van der Waals surface area contributed by atoms with Gasteiger partial charge in [0.2, 0.25) is 0 Å². The van der Waals surface area contributed by atoms with E-state index in [0.29, 0.717) is 11.8 Å². The number of nitriles is 2. The predicted octanol–water partition coefficient (Wildman–Crippen LogP) is 4.74. The quantitative estimate of drug-likeness (QED) is 0.688. The molecule has 0 N–H and O–H groups in total. The number of hydrogen-bond donors (Lipinski definition) is 0. The van der Waals surface area contributed by atoms with Crippen molar-refractivity contribution in [2.45, 2.75) is 51.2 Å². The molecule has 0 aromatic heterocycles. The number of nitrogens with zero attached hydrogens (tertiary/aromatic N) is 2. The molecule has 0 aromatic rings. The van der Waals surface area contributed by atoms with Gasteiger partial charge >= 0.3 is 0 Å². The summed E-state index contributed by atoms with van der Waals surface area (Å²) in [6, 6.07) is 4.84. The zero-order chi connectivity index (χ0) is 16.4. The summed E-state index contributed by atoms with van der Waals surface area (Å²) in [5.41, 5.74) is 2.44. The van der Waals surface area contributed by atoms with Gasteiger partial charge in [-0.1, -0.05) is 50.6 Å². The fourth-order valence-corrected chi connectivity index (χ4v) is 9.63. The van der Waals surface area contributed by atoms with E-state index in [1.54, 1.807) is 5.20 Å². The van der Waals surface area contributed by atoms with Crippen LogP contribution in [0.25, 0.3) is 0 Å². The van der Waals surface area contributed by atoms with E-state index in [1.807, 2.05) is 0 Å². The first-order valence-electron chi connectivity index (χ1n) is 8.37. The molecular weight excluding hydrogens is 300 g/mol. The summed E-state index contributed by atoms with van der Waals surface area (Å²) in [7, 11) is -2.66. The van der Waals surface area contributed by atoms with Crippen LogP contribution in [0.1, 0.15) is 6.42 Å². The Labute approximate surface area is 136 Å². The summed E-state index contributed by atoms with van der Waals surface area (Å²) < 4.78 is 0. The fourth-order valence-electron chi connectivity index (χ4n) is 5.11. The Hall–Kier alpha value is -1.11. The molecule has 1 saturated carbocycles. The third-order valence-electron chi connectivity index (χ3n) is 6.18. The number of allylic oxidation sites excluding steroid dienone is 4. The molecule has 0 saturated heterocycles. The Morgan fingerprint density at radius 1 is 1.00 bits per heavy atom. The zero-order valence-corrected chi connectivity index (χ0v) is 16.6. The van der Waals surface area contributed by atoms with Crippen LogP contribution in [0.3, 0.4) is 0 Å². The normalized spacial score (nSPS) is 36.9. The molecule has 2 nitrogen and oxygen atoms in total. The van der Waals surface area contributed by atoms with E-state index in [9.17, 15) is 10.5 Å². The molecule has 0 unspecified atom stereocenters. The van der Waals surface area contributed by atoms with Gasteiger partial charge in [0.25, 0.3) is 0 Å². The molecule has 5 atom stereocenters. The highest BCUT2D eigenvalue weighted by molar-refractivity contribution is 6.83. The maximum absolute atomic E-state index is 9.76. The molecule has 4 aliphatic carbocycles. The van der Waals surface area contributed by atoms with Crippen LogP contribution >= 0.6 is 0 Å². The van der Waals surface area contributed by atoms with Gasteiger partial charge in [0.05, 0.1) is 31.4 Å². The fraction of sp³-hybridized carbons (Fsp3) is 0.667. The Bertz CT molecular complexity index is 661. The molecule has 1 fully saturated rings. The van der Waals surface area contributed by atoms with Crippen LogP contribution < -0.4 is 0 Å². The Kier molecular flexibility index (Phi) is 3.37. The molecule has 4 aliphatic rings. The summed E-state index contributed by atoms with van der Waals surface area (Å²) in [6.45, 7) is 14.6. The third-order valence-corrected chi connectivity index (χ3v) is 11.2. The first kappa shape index (κ1) is 15.8. The second kappa shape index (κ2) is 4.69. The standard InChI is InChI=1S/C18H26N2Si2/c1-21(2,3)15-7-11-12-8-16(22(4,5)6)17(12)18(15)14(10-20)13(11)9-19/h7,11-12,16-18H,8H2,1-6H3/t11-,12+,16-,17-,18+/m0/s1. The number of rotatable bonds is 2. The largest absolute Gasteiger partial charge is 0.193 e. The smallest absolute Gasteiger partial charge is 0.0964 e. The summed E-state index contributed by atoms with van der Waals surface area (Å²) in [6.07, 6.45) is 3.69. The maximum atomic E-state index is 9.76. The summed E-state index contributed by atoms with van der Waals surface area (Å²) >= 11 is 0. The van der Waals surface area contributed by atoms with E-state index in [-0.39, 0.29) is 11.8 Å². The number of hydrogen-bond acceptors (Lipinski definition) is 2. The molecule has 0 aliphatic heterocycles. The zero-order valence-electron chi connectivity index (χ0n) is 14.6. The van der Waals surface area contributed by atoms with Crippen molar-refractivity contribution in [2.75, 3.05) is 0 Å². The average molecular weight is 327 g/mol. The van der Waals surface area contributed by atoms with E-state index in [1.165, 1.54) is 6.42 Å². The minimum absolute atomic E-state index is 0.240. The first-order chi connectivity index (χ1) is 10.1. The van der Waals surface area contributed by atoms with E-state index in [2.05, 4.69) is 57.5 Å². The minimum atomic E-state index is -1.45. The van der Waals surface area contributed by atoms with Crippen LogP contribution in [0.15, 0.2) is 22.4 Å². The van der Waals surface area contributed by atoms with E-state index in [0.717, 1.165) is 16.7 Å².